The molecule has 3 heteroatoms. The fourth-order valence-corrected chi connectivity index (χ4v) is 4.08. The van der Waals surface area contributed by atoms with Crippen LogP contribution in [0.5, 0.6) is 0 Å². The van der Waals surface area contributed by atoms with E-state index >= 15 is 0 Å². The van der Waals surface area contributed by atoms with E-state index in [4.69, 9.17) is 0 Å². The van der Waals surface area contributed by atoms with Crippen molar-refractivity contribution in [1.82, 2.24) is 5.32 Å². The van der Waals surface area contributed by atoms with Gasteiger partial charge in [-0.1, -0.05) is 51.0 Å². The highest BCUT2D eigenvalue weighted by Gasteiger charge is 2.17. The highest BCUT2D eigenvalue weighted by Crippen LogP contribution is 2.21. The molecule has 3 atom stereocenters. The Balaban J connectivity index is 2.84. The van der Waals surface area contributed by atoms with E-state index in [1.165, 1.54) is 16.7 Å². The maximum absolute atomic E-state index is 12.4. The van der Waals surface area contributed by atoms with E-state index in [0.717, 1.165) is 25.1 Å². The van der Waals surface area contributed by atoms with E-state index in [1.807, 2.05) is 0 Å². The molecule has 120 valence electrons. The van der Waals surface area contributed by atoms with Crippen molar-refractivity contribution in [3.8, 4) is 0 Å². The molecule has 0 aromatic heterocycles. The van der Waals surface area contributed by atoms with Crippen molar-refractivity contribution in [2.24, 2.45) is 5.92 Å². The Morgan fingerprint density at radius 2 is 1.90 bits per heavy atom. The Hall–Kier alpha value is -0.670. The summed E-state index contributed by atoms with van der Waals surface area (Å²) in [5.41, 5.74) is 3.86. The lowest BCUT2D eigenvalue weighted by atomic mass is 10.00. The first-order valence-electron chi connectivity index (χ1n) is 8.13. The van der Waals surface area contributed by atoms with Gasteiger partial charge in [0.05, 0.1) is 0 Å². The van der Waals surface area contributed by atoms with Crippen LogP contribution in [-0.2, 0) is 10.8 Å². The number of hydrogen-bond donors (Lipinski definition) is 1. The van der Waals surface area contributed by atoms with Crippen LogP contribution >= 0.6 is 0 Å². The molecule has 0 aliphatic carbocycles. The molecule has 0 aliphatic heterocycles. The smallest absolute Gasteiger partial charge is 0.0439 e. The minimum absolute atomic E-state index is 0.203. The predicted molar refractivity (Wildman–Crippen MR) is 94.3 cm³/mol. The van der Waals surface area contributed by atoms with Gasteiger partial charge in [-0.15, -0.1) is 0 Å². The van der Waals surface area contributed by atoms with Crippen LogP contribution in [0.25, 0.3) is 0 Å². The highest BCUT2D eigenvalue weighted by molar-refractivity contribution is 7.85. The SMILES string of the molecule is CCCNC(CS(=O)CC(C)CC)c1cc(C)ccc1C. The number of rotatable bonds is 9. The topological polar surface area (TPSA) is 29.1 Å². The minimum atomic E-state index is -0.761. The zero-order chi connectivity index (χ0) is 15.8. The zero-order valence-corrected chi connectivity index (χ0v) is 15.1. The number of benzene rings is 1. The summed E-state index contributed by atoms with van der Waals surface area (Å²) in [4.78, 5) is 0. The van der Waals surface area contributed by atoms with Gasteiger partial charge in [0.15, 0.2) is 0 Å². The first kappa shape index (κ1) is 18.4. The van der Waals surface area contributed by atoms with E-state index < -0.39 is 10.8 Å². The molecule has 1 rings (SSSR count). The number of aryl methyl sites for hydroxylation is 2. The van der Waals surface area contributed by atoms with Crippen molar-refractivity contribution in [2.45, 2.75) is 53.5 Å². The molecule has 0 fully saturated rings. The second-order valence-electron chi connectivity index (χ2n) is 6.15. The molecule has 0 bridgehead atoms. The second kappa shape index (κ2) is 9.37. The molecule has 2 nitrogen and oxygen atoms in total. The van der Waals surface area contributed by atoms with E-state index in [2.05, 4.69) is 58.1 Å². The van der Waals surface area contributed by atoms with Crippen molar-refractivity contribution in [3.05, 3.63) is 34.9 Å². The van der Waals surface area contributed by atoms with E-state index in [-0.39, 0.29) is 6.04 Å². The number of hydrogen-bond acceptors (Lipinski definition) is 2. The van der Waals surface area contributed by atoms with Crippen LogP contribution in [0.3, 0.4) is 0 Å². The Kier molecular flexibility index (Phi) is 8.20. The molecule has 3 unspecified atom stereocenters. The van der Waals surface area contributed by atoms with E-state index in [1.54, 1.807) is 0 Å². The summed E-state index contributed by atoms with van der Waals surface area (Å²) in [6, 6.07) is 6.76. The van der Waals surface area contributed by atoms with Crippen molar-refractivity contribution >= 4 is 10.8 Å². The molecule has 0 amide bonds. The first-order chi connectivity index (χ1) is 9.97. The third-order valence-electron chi connectivity index (χ3n) is 3.97. The van der Waals surface area contributed by atoms with Crippen LogP contribution in [0.1, 0.15) is 56.3 Å². The average molecular weight is 310 g/mol. The lowest BCUT2D eigenvalue weighted by Gasteiger charge is -2.22. The van der Waals surface area contributed by atoms with Gasteiger partial charge in [0.1, 0.15) is 0 Å². The maximum atomic E-state index is 12.4. The Morgan fingerprint density at radius 3 is 2.52 bits per heavy atom. The van der Waals surface area contributed by atoms with Crippen molar-refractivity contribution in [2.75, 3.05) is 18.1 Å². The van der Waals surface area contributed by atoms with Crippen molar-refractivity contribution in [1.29, 1.82) is 0 Å². The lowest BCUT2D eigenvalue weighted by molar-refractivity contribution is 0.562. The summed E-state index contributed by atoms with van der Waals surface area (Å²) in [5.74, 6) is 2.07. The van der Waals surface area contributed by atoms with E-state index in [0.29, 0.717) is 11.7 Å². The number of nitrogens with one attached hydrogen (secondary N) is 1. The monoisotopic (exact) mass is 309 g/mol. The maximum Gasteiger partial charge on any atom is 0.0439 e. The second-order valence-corrected chi connectivity index (χ2v) is 7.70. The molecule has 1 N–H and O–H groups in total. The normalized spacial score (nSPS) is 15.7. The zero-order valence-electron chi connectivity index (χ0n) is 14.2. The van der Waals surface area contributed by atoms with Crippen molar-refractivity contribution in [3.63, 3.8) is 0 Å². The molecule has 0 spiro atoms. The van der Waals surface area contributed by atoms with Gasteiger partial charge in [0, 0.05) is 28.3 Å². The third kappa shape index (κ3) is 6.31. The molecule has 0 saturated carbocycles. The lowest BCUT2D eigenvalue weighted by Crippen LogP contribution is -2.29. The first-order valence-corrected chi connectivity index (χ1v) is 9.62. The molecule has 0 saturated heterocycles. The molecule has 1 aromatic carbocycles. The summed E-state index contributed by atoms with van der Waals surface area (Å²) in [6.45, 7) is 11.8. The molecule has 0 radical (unpaired) electrons. The Bertz CT molecular complexity index is 459. The third-order valence-corrected chi connectivity index (χ3v) is 5.62. The molecule has 21 heavy (non-hydrogen) atoms. The Labute approximate surface area is 133 Å². The van der Waals surface area contributed by atoms with E-state index in [9.17, 15) is 4.21 Å². The van der Waals surface area contributed by atoms with Crippen LogP contribution in [0.4, 0.5) is 0 Å². The molecule has 0 aliphatic rings. The molecular formula is C18H31NOS. The van der Waals surface area contributed by atoms with Gasteiger partial charge >= 0.3 is 0 Å². The largest absolute Gasteiger partial charge is 0.309 e. The quantitative estimate of drug-likeness (QED) is 0.743. The highest BCUT2D eigenvalue weighted by atomic mass is 32.2. The fraction of sp³-hybridized carbons (Fsp3) is 0.667. The van der Waals surface area contributed by atoms with Crippen LogP contribution in [0.15, 0.2) is 18.2 Å². The summed E-state index contributed by atoms with van der Waals surface area (Å²) in [6.07, 6.45) is 2.20. The molecule has 1 aromatic rings. The Morgan fingerprint density at radius 1 is 1.19 bits per heavy atom. The molecular weight excluding hydrogens is 278 g/mol. The molecule has 0 heterocycles. The predicted octanol–water partition coefficient (Wildman–Crippen LogP) is 4.14. The van der Waals surface area contributed by atoms with Gasteiger partial charge in [-0.3, -0.25) is 4.21 Å². The summed E-state index contributed by atoms with van der Waals surface area (Å²) >= 11 is 0. The van der Waals surface area contributed by atoms with Gasteiger partial charge < -0.3 is 5.32 Å². The summed E-state index contributed by atoms with van der Waals surface area (Å²) < 4.78 is 12.4. The van der Waals surface area contributed by atoms with Crippen LogP contribution in [-0.4, -0.2) is 22.3 Å². The van der Waals surface area contributed by atoms with Crippen LogP contribution in [0.2, 0.25) is 0 Å². The van der Waals surface area contributed by atoms with Crippen LogP contribution in [0, 0.1) is 19.8 Å². The standard InChI is InChI=1S/C18H31NOS/c1-6-10-19-18(13-21(20)12-14(3)7-2)17-11-15(4)8-9-16(17)5/h8-9,11,14,18-19H,6-7,10,12-13H2,1-5H3. The summed E-state index contributed by atoms with van der Waals surface area (Å²) in [5, 5.41) is 3.58. The van der Waals surface area contributed by atoms with Gasteiger partial charge in [0.25, 0.3) is 0 Å². The van der Waals surface area contributed by atoms with Gasteiger partial charge in [-0.25, -0.2) is 0 Å². The van der Waals surface area contributed by atoms with Gasteiger partial charge in [0.2, 0.25) is 0 Å². The minimum Gasteiger partial charge on any atom is -0.309 e. The van der Waals surface area contributed by atoms with Gasteiger partial charge in [-0.05, 0) is 43.9 Å². The van der Waals surface area contributed by atoms with Crippen LogP contribution < -0.4 is 5.32 Å². The average Bonchev–Trinajstić information content (AvgIpc) is 2.45. The van der Waals surface area contributed by atoms with Gasteiger partial charge in [-0.2, -0.15) is 0 Å². The summed E-state index contributed by atoms with van der Waals surface area (Å²) in [7, 11) is -0.761. The van der Waals surface area contributed by atoms with Crippen molar-refractivity contribution < 1.29 is 4.21 Å². The fourth-order valence-electron chi connectivity index (χ4n) is 2.40.